The highest BCUT2D eigenvalue weighted by atomic mass is 35.5. The van der Waals surface area contributed by atoms with Gasteiger partial charge in [0, 0.05) is 49.2 Å². The lowest BCUT2D eigenvalue weighted by molar-refractivity contribution is 0.101. The zero-order valence-electron chi connectivity index (χ0n) is 12.8. The van der Waals surface area contributed by atoms with Crippen molar-refractivity contribution in [1.29, 1.82) is 0 Å². The number of hydrogen-bond acceptors (Lipinski definition) is 3. The van der Waals surface area contributed by atoms with Gasteiger partial charge in [0.05, 0.1) is 5.88 Å². The van der Waals surface area contributed by atoms with Crippen LogP contribution in [0.2, 0.25) is 0 Å². The first-order valence-electron chi connectivity index (χ1n) is 7.08. The molecular weight excluding hydrogens is 274 g/mol. The van der Waals surface area contributed by atoms with Crippen LogP contribution in [0.25, 0.3) is 0 Å². The first-order chi connectivity index (χ1) is 9.43. The molecule has 1 aromatic heterocycles. The number of hydrogen-bond donors (Lipinski definition) is 0. The summed E-state index contributed by atoms with van der Waals surface area (Å²) in [6.07, 6.45) is 0. The molecule has 0 amide bonds. The monoisotopic (exact) mass is 297 g/mol. The maximum Gasteiger partial charge on any atom is 0.179 e. The molecule has 2 heterocycles. The molecule has 0 aromatic carbocycles. The summed E-state index contributed by atoms with van der Waals surface area (Å²) in [5.41, 5.74) is 2.94. The summed E-state index contributed by atoms with van der Waals surface area (Å²) in [4.78, 5) is 16.6. The highest BCUT2D eigenvalue weighted by Crippen LogP contribution is 2.19. The zero-order chi connectivity index (χ0) is 14.9. The molecular formula is C15H24ClN3O. The van der Waals surface area contributed by atoms with E-state index in [1.54, 1.807) is 0 Å². The van der Waals surface area contributed by atoms with Gasteiger partial charge < -0.3 is 9.47 Å². The molecule has 4 nitrogen and oxygen atoms in total. The topological polar surface area (TPSA) is 28.5 Å². The number of halogens is 1. The van der Waals surface area contributed by atoms with Gasteiger partial charge >= 0.3 is 0 Å². The van der Waals surface area contributed by atoms with Crippen molar-refractivity contribution in [2.24, 2.45) is 0 Å². The molecule has 1 aliphatic heterocycles. The molecule has 1 aliphatic rings. The van der Waals surface area contributed by atoms with Crippen molar-refractivity contribution in [3.8, 4) is 0 Å². The van der Waals surface area contributed by atoms with Crippen LogP contribution in [0.4, 0.5) is 0 Å². The van der Waals surface area contributed by atoms with E-state index in [-0.39, 0.29) is 11.7 Å². The molecule has 0 radical (unpaired) electrons. The van der Waals surface area contributed by atoms with Gasteiger partial charge in [0.2, 0.25) is 0 Å². The van der Waals surface area contributed by atoms with E-state index in [0.717, 1.165) is 43.1 Å². The van der Waals surface area contributed by atoms with Crippen molar-refractivity contribution in [1.82, 2.24) is 14.4 Å². The number of alkyl halides is 1. The van der Waals surface area contributed by atoms with Gasteiger partial charge in [-0.1, -0.05) is 0 Å². The average molecular weight is 298 g/mol. The van der Waals surface area contributed by atoms with Gasteiger partial charge in [-0.05, 0) is 34.0 Å². The molecule has 1 saturated heterocycles. The number of Topliss-reactive ketones (excluding diaryl/α,β-unsaturated/α-hetero) is 1. The van der Waals surface area contributed by atoms with Gasteiger partial charge in [-0.15, -0.1) is 11.6 Å². The van der Waals surface area contributed by atoms with Crippen LogP contribution in [-0.4, -0.2) is 65.8 Å². The third kappa shape index (κ3) is 3.08. The molecule has 0 aliphatic carbocycles. The lowest BCUT2D eigenvalue weighted by atomic mass is 10.1. The summed E-state index contributed by atoms with van der Waals surface area (Å²) in [5.74, 6) is 0.0660. The number of aromatic nitrogens is 1. The first-order valence-corrected chi connectivity index (χ1v) is 7.62. The van der Waals surface area contributed by atoms with E-state index in [2.05, 4.69) is 35.4 Å². The summed E-state index contributed by atoms with van der Waals surface area (Å²) in [6.45, 7) is 8.27. The fourth-order valence-corrected chi connectivity index (χ4v) is 3.09. The Morgan fingerprint density at radius 2 is 2.05 bits per heavy atom. The third-order valence-corrected chi connectivity index (χ3v) is 4.61. The van der Waals surface area contributed by atoms with Crippen LogP contribution in [0, 0.1) is 13.8 Å². The molecule has 1 aromatic rings. The molecule has 2 rings (SSSR count). The maximum atomic E-state index is 11.8. The number of carbonyl (C=O) groups is 1. The van der Waals surface area contributed by atoms with Crippen molar-refractivity contribution in [3.05, 3.63) is 23.0 Å². The molecule has 1 unspecified atom stereocenters. The molecule has 20 heavy (non-hydrogen) atoms. The third-order valence-electron chi connectivity index (χ3n) is 4.37. The molecule has 112 valence electrons. The number of piperazine rings is 1. The number of aryl methyl sites for hydroxylation is 1. The molecule has 5 heteroatoms. The Labute approximate surface area is 126 Å². The van der Waals surface area contributed by atoms with Gasteiger partial charge in [-0.2, -0.15) is 0 Å². The Kier molecular flexibility index (Phi) is 4.89. The predicted molar refractivity (Wildman–Crippen MR) is 82.9 cm³/mol. The first kappa shape index (κ1) is 15.5. The molecule has 1 atom stereocenters. The van der Waals surface area contributed by atoms with Crippen LogP contribution in [0.3, 0.4) is 0 Å². The minimum atomic E-state index is 0.0140. The fourth-order valence-electron chi connectivity index (χ4n) is 2.95. The number of carbonyl (C=O) groups excluding carboxylic acids is 1. The SMILES string of the molecule is Cc1cc(C(=O)CCl)c(C)n1CC1CN(C)CCN1C. The van der Waals surface area contributed by atoms with Crippen LogP contribution in [0.15, 0.2) is 6.07 Å². The summed E-state index contributed by atoms with van der Waals surface area (Å²) in [7, 11) is 4.34. The summed E-state index contributed by atoms with van der Waals surface area (Å²) in [6, 6.07) is 2.45. The smallest absolute Gasteiger partial charge is 0.179 e. The standard InChI is InChI=1S/C15H24ClN3O/c1-11-7-14(15(20)8-16)12(2)19(11)10-13-9-17(3)5-6-18(13)4/h7,13H,5-6,8-10H2,1-4H3. The van der Waals surface area contributed by atoms with Gasteiger partial charge in [0.1, 0.15) is 0 Å². The average Bonchev–Trinajstić information content (AvgIpc) is 2.70. The van der Waals surface area contributed by atoms with Crippen molar-refractivity contribution in [2.75, 3.05) is 39.6 Å². The fraction of sp³-hybridized carbons (Fsp3) is 0.667. The van der Waals surface area contributed by atoms with E-state index in [1.807, 2.05) is 13.0 Å². The van der Waals surface area contributed by atoms with Crippen molar-refractivity contribution in [3.63, 3.8) is 0 Å². The van der Waals surface area contributed by atoms with E-state index in [1.165, 1.54) is 0 Å². The molecule has 0 spiro atoms. The zero-order valence-corrected chi connectivity index (χ0v) is 13.6. The second-order valence-electron chi connectivity index (χ2n) is 5.85. The minimum Gasteiger partial charge on any atom is -0.347 e. The highest BCUT2D eigenvalue weighted by Gasteiger charge is 2.24. The lowest BCUT2D eigenvalue weighted by Gasteiger charge is -2.38. The van der Waals surface area contributed by atoms with Crippen LogP contribution in [0.1, 0.15) is 21.7 Å². The van der Waals surface area contributed by atoms with Crippen molar-refractivity contribution < 1.29 is 4.79 Å². The van der Waals surface area contributed by atoms with E-state index in [4.69, 9.17) is 11.6 Å². The highest BCUT2D eigenvalue weighted by molar-refractivity contribution is 6.30. The molecule has 0 N–H and O–H groups in total. The molecule has 0 saturated carbocycles. The Bertz CT molecular complexity index is 498. The predicted octanol–water partition coefficient (Wildman–Crippen LogP) is 1.77. The van der Waals surface area contributed by atoms with Crippen molar-refractivity contribution >= 4 is 17.4 Å². The Balaban J connectivity index is 2.21. The Hall–Kier alpha value is -0.840. The number of rotatable bonds is 4. The number of nitrogens with zero attached hydrogens (tertiary/aromatic N) is 3. The minimum absolute atomic E-state index is 0.0140. The van der Waals surface area contributed by atoms with Crippen molar-refractivity contribution in [2.45, 2.75) is 26.4 Å². The van der Waals surface area contributed by atoms with Gasteiger partial charge in [0.15, 0.2) is 5.78 Å². The summed E-state index contributed by atoms with van der Waals surface area (Å²) in [5, 5.41) is 0. The normalized spacial score (nSPS) is 21.4. The van der Waals surface area contributed by atoms with Gasteiger partial charge in [0.25, 0.3) is 0 Å². The van der Waals surface area contributed by atoms with Gasteiger partial charge in [-0.3, -0.25) is 9.69 Å². The van der Waals surface area contributed by atoms with E-state index < -0.39 is 0 Å². The second kappa shape index (κ2) is 6.29. The Morgan fingerprint density at radius 3 is 2.70 bits per heavy atom. The largest absolute Gasteiger partial charge is 0.347 e. The second-order valence-corrected chi connectivity index (χ2v) is 6.12. The molecule has 0 bridgehead atoms. The van der Waals surface area contributed by atoms with Crippen LogP contribution < -0.4 is 0 Å². The quantitative estimate of drug-likeness (QED) is 0.626. The van der Waals surface area contributed by atoms with E-state index >= 15 is 0 Å². The van der Waals surface area contributed by atoms with E-state index in [0.29, 0.717) is 6.04 Å². The maximum absolute atomic E-state index is 11.8. The summed E-state index contributed by atoms with van der Waals surface area (Å²) < 4.78 is 2.25. The Morgan fingerprint density at radius 1 is 1.35 bits per heavy atom. The van der Waals surface area contributed by atoms with Gasteiger partial charge in [-0.25, -0.2) is 0 Å². The number of likely N-dealkylation sites (N-methyl/N-ethyl adjacent to an activating group) is 2. The van der Waals surface area contributed by atoms with E-state index in [9.17, 15) is 4.79 Å². The number of ketones is 1. The van der Waals surface area contributed by atoms with Crippen LogP contribution >= 0.6 is 11.6 Å². The summed E-state index contributed by atoms with van der Waals surface area (Å²) >= 11 is 5.68. The van der Waals surface area contributed by atoms with Crippen LogP contribution in [-0.2, 0) is 6.54 Å². The van der Waals surface area contributed by atoms with Crippen LogP contribution in [0.5, 0.6) is 0 Å². The molecule has 1 fully saturated rings. The lowest BCUT2D eigenvalue weighted by Crippen LogP contribution is -2.51.